The molecule has 142 valence electrons. The van der Waals surface area contributed by atoms with Gasteiger partial charge in [0.2, 0.25) is 0 Å². The first-order chi connectivity index (χ1) is 13.0. The molecule has 1 amide bonds. The summed E-state index contributed by atoms with van der Waals surface area (Å²) in [6.07, 6.45) is 0.536. The van der Waals surface area contributed by atoms with Gasteiger partial charge in [-0.3, -0.25) is 4.79 Å². The number of carbonyl (C=O) groups is 2. The van der Waals surface area contributed by atoms with Crippen LogP contribution >= 0.6 is 34.0 Å². The Labute approximate surface area is 170 Å². The number of ether oxygens (including phenoxy) is 1. The fourth-order valence-electron chi connectivity index (χ4n) is 2.75. The SMILES string of the molecule is COC(=O)[C@H](CC(C)C)NC(=O)c1cc(-c2cccs2)sc1-c1cccs1. The Balaban J connectivity index is 1.94. The number of hydrogen-bond donors (Lipinski definition) is 1. The third kappa shape index (κ3) is 4.66. The zero-order valence-corrected chi connectivity index (χ0v) is 17.8. The second-order valence-electron chi connectivity index (χ2n) is 6.49. The molecule has 0 spiro atoms. The lowest BCUT2D eigenvalue weighted by Crippen LogP contribution is -2.42. The number of methoxy groups -OCH3 is 1. The smallest absolute Gasteiger partial charge is 0.328 e. The molecule has 3 rings (SSSR count). The van der Waals surface area contributed by atoms with Gasteiger partial charge in [0.25, 0.3) is 5.91 Å². The average Bonchev–Trinajstić information content (AvgIpc) is 3.40. The number of nitrogens with one attached hydrogen (secondary N) is 1. The summed E-state index contributed by atoms with van der Waals surface area (Å²) in [4.78, 5) is 29.3. The Bertz CT molecular complexity index is 895. The molecular weight excluding hydrogens is 398 g/mol. The number of rotatable bonds is 7. The minimum Gasteiger partial charge on any atom is -0.467 e. The maximum absolute atomic E-state index is 13.1. The number of amides is 1. The number of hydrogen-bond acceptors (Lipinski definition) is 6. The van der Waals surface area contributed by atoms with Crippen molar-refractivity contribution in [3.05, 3.63) is 46.7 Å². The normalized spacial score (nSPS) is 12.1. The maximum Gasteiger partial charge on any atom is 0.328 e. The predicted octanol–water partition coefficient (Wildman–Crippen LogP) is 5.52. The third-order valence-corrected chi connectivity index (χ3v) is 7.23. The van der Waals surface area contributed by atoms with Gasteiger partial charge in [0.05, 0.1) is 17.6 Å². The molecule has 0 aliphatic carbocycles. The van der Waals surface area contributed by atoms with E-state index in [1.54, 1.807) is 34.0 Å². The van der Waals surface area contributed by atoms with Crippen molar-refractivity contribution in [2.45, 2.75) is 26.3 Å². The highest BCUT2D eigenvalue weighted by Gasteiger charge is 2.26. The van der Waals surface area contributed by atoms with E-state index < -0.39 is 12.0 Å². The van der Waals surface area contributed by atoms with Crippen LogP contribution in [0.1, 0.15) is 30.6 Å². The molecule has 0 saturated carbocycles. The predicted molar refractivity (Wildman–Crippen MR) is 114 cm³/mol. The fourth-order valence-corrected chi connectivity index (χ4v) is 5.60. The van der Waals surface area contributed by atoms with Crippen molar-refractivity contribution in [2.24, 2.45) is 5.92 Å². The van der Waals surface area contributed by atoms with Crippen LogP contribution in [0.4, 0.5) is 0 Å². The van der Waals surface area contributed by atoms with Gasteiger partial charge in [0.15, 0.2) is 0 Å². The first-order valence-corrected chi connectivity index (χ1v) is 11.2. The van der Waals surface area contributed by atoms with Crippen molar-refractivity contribution in [2.75, 3.05) is 7.11 Å². The van der Waals surface area contributed by atoms with Crippen LogP contribution in [0.3, 0.4) is 0 Å². The van der Waals surface area contributed by atoms with E-state index in [-0.39, 0.29) is 11.8 Å². The van der Waals surface area contributed by atoms with Gasteiger partial charge < -0.3 is 10.1 Å². The van der Waals surface area contributed by atoms with E-state index in [4.69, 9.17) is 4.74 Å². The maximum atomic E-state index is 13.1. The Hall–Kier alpha value is -1.96. The molecule has 0 unspecified atom stereocenters. The van der Waals surface area contributed by atoms with Crippen molar-refractivity contribution in [1.82, 2.24) is 5.32 Å². The molecule has 0 bridgehead atoms. The molecule has 1 N–H and O–H groups in total. The highest BCUT2D eigenvalue weighted by atomic mass is 32.1. The van der Waals surface area contributed by atoms with Gasteiger partial charge in [-0.15, -0.1) is 34.0 Å². The molecule has 0 aliphatic heterocycles. The third-order valence-electron chi connectivity index (χ3n) is 3.98. The van der Waals surface area contributed by atoms with Gasteiger partial charge in [-0.1, -0.05) is 26.0 Å². The average molecular weight is 420 g/mol. The molecule has 7 heteroatoms. The molecule has 3 heterocycles. The monoisotopic (exact) mass is 419 g/mol. The highest BCUT2D eigenvalue weighted by Crippen LogP contribution is 2.41. The van der Waals surface area contributed by atoms with E-state index >= 15 is 0 Å². The molecule has 0 aliphatic rings. The minimum absolute atomic E-state index is 0.242. The largest absolute Gasteiger partial charge is 0.467 e. The van der Waals surface area contributed by atoms with Gasteiger partial charge in [-0.25, -0.2) is 4.79 Å². The van der Waals surface area contributed by atoms with Gasteiger partial charge in [0, 0.05) is 14.6 Å². The first kappa shape index (κ1) is 19.8. The van der Waals surface area contributed by atoms with Crippen LogP contribution in [0.25, 0.3) is 19.5 Å². The standard InChI is InChI=1S/C20H21NO3S3/c1-12(2)10-14(20(23)24-3)21-19(22)13-11-17(15-6-4-8-25-15)27-18(13)16-7-5-9-26-16/h4-9,11-12,14H,10H2,1-3H3,(H,21,22)/t14-/m0/s1. The molecule has 0 aromatic carbocycles. The molecule has 0 radical (unpaired) electrons. The van der Waals surface area contributed by atoms with Crippen molar-refractivity contribution in [3.8, 4) is 19.5 Å². The summed E-state index contributed by atoms with van der Waals surface area (Å²) in [6, 6.07) is 9.31. The Kier molecular flexibility index (Phi) is 6.46. The van der Waals surface area contributed by atoms with Crippen molar-refractivity contribution < 1.29 is 14.3 Å². The van der Waals surface area contributed by atoms with E-state index in [1.807, 2.05) is 54.9 Å². The molecule has 3 aromatic heterocycles. The Morgan fingerprint density at radius 2 is 1.74 bits per heavy atom. The molecular formula is C20H21NO3S3. The van der Waals surface area contributed by atoms with Crippen LogP contribution in [-0.4, -0.2) is 25.0 Å². The zero-order valence-electron chi connectivity index (χ0n) is 15.4. The lowest BCUT2D eigenvalue weighted by Gasteiger charge is -2.18. The number of carbonyl (C=O) groups excluding carboxylic acids is 2. The number of thiophene rings is 3. The van der Waals surface area contributed by atoms with Crippen LogP contribution < -0.4 is 5.32 Å². The van der Waals surface area contributed by atoms with Crippen LogP contribution in [0.15, 0.2) is 41.1 Å². The van der Waals surface area contributed by atoms with E-state index in [2.05, 4.69) is 5.32 Å². The number of esters is 1. The van der Waals surface area contributed by atoms with Crippen LogP contribution in [0.5, 0.6) is 0 Å². The van der Waals surface area contributed by atoms with Gasteiger partial charge in [-0.05, 0) is 41.3 Å². The molecule has 0 fully saturated rings. The van der Waals surface area contributed by atoms with E-state index in [1.165, 1.54) is 7.11 Å². The Morgan fingerprint density at radius 3 is 2.30 bits per heavy atom. The van der Waals surface area contributed by atoms with Crippen molar-refractivity contribution in [3.63, 3.8) is 0 Å². The second kappa shape index (κ2) is 8.82. The topological polar surface area (TPSA) is 55.4 Å². The van der Waals surface area contributed by atoms with Crippen molar-refractivity contribution in [1.29, 1.82) is 0 Å². The lowest BCUT2D eigenvalue weighted by molar-refractivity contribution is -0.143. The summed E-state index contributed by atoms with van der Waals surface area (Å²) in [5.41, 5.74) is 0.600. The summed E-state index contributed by atoms with van der Waals surface area (Å²) in [6.45, 7) is 4.03. The summed E-state index contributed by atoms with van der Waals surface area (Å²) in [5, 5.41) is 6.90. The van der Waals surface area contributed by atoms with Crippen LogP contribution in [0.2, 0.25) is 0 Å². The Morgan fingerprint density at radius 1 is 1.07 bits per heavy atom. The summed E-state index contributed by atoms with van der Waals surface area (Å²) >= 11 is 4.85. The summed E-state index contributed by atoms with van der Waals surface area (Å²) < 4.78 is 4.87. The first-order valence-electron chi connectivity index (χ1n) is 8.60. The molecule has 1 atom stereocenters. The van der Waals surface area contributed by atoms with E-state index in [0.717, 1.165) is 19.5 Å². The van der Waals surface area contributed by atoms with Crippen LogP contribution in [-0.2, 0) is 9.53 Å². The second-order valence-corrected chi connectivity index (χ2v) is 9.43. The van der Waals surface area contributed by atoms with Gasteiger partial charge >= 0.3 is 5.97 Å². The minimum atomic E-state index is -0.649. The van der Waals surface area contributed by atoms with E-state index in [9.17, 15) is 9.59 Å². The molecule has 3 aromatic rings. The van der Waals surface area contributed by atoms with Crippen molar-refractivity contribution >= 4 is 45.9 Å². The fraction of sp³-hybridized carbons (Fsp3) is 0.300. The molecule has 27 heavy (non-hydrogen) atoms. The summed E-state index contributed by atoms with van der Waals surface area (Å²) in [7, 11) is 1.35. The van der Waals surface area contributed by atoms with Gasteiger partial charge in [-0.2, -0.15) is 0 Å². The lowest BCUT2D eigenvalue weighted by atomic mass is 10.0. The molecule has 0 saturated heterocycles. The zero-order chi connectivity index (χ0) is 19.4. The quantitative estimate of drug-likeness (QED) is 0.513. The van der Waals surface area contributed by atoms with Gasteiger partial charge in [0.1, 0.15) is 6.04 Å². The van der Waals surface area contributed by atoms with Crippen LogP contribution in [0, 0.1) is 5.92 Å². The molecule has 4 nitrogen and oxygen atoms in total. The highest BCUT2D eigenvalue weighted by molar-refractivity contribution is 7.26. The van der Waals surface area contributed by atoms with E-state index in [0.29, 0.717) is 12.0 Å². The summed E-state index contributed by atoms with van der Waals surface area (Å²) in [5.74, 6) is -0.396.